The van der Waals surface area contributed by atoms with E-state index in [0.29, 0.717) is 11.3 Å². The topological polar surface area (TPSA) is 49.8 Å². The fraction of sp³-hybridized carbons (Fsp3) is 0.364. The van der Waals surface area contributed by atoms with Crippen LogP contribution in [0.5, 0.6) is 0 Å². The van der Waals surface area contributed by atoms with Crippen LogP contribution in [0.2, 0.25) is 0 Å². The number of rotatable bonds is 3. The molecule has 0 saturated carbocycles. The van der Waals surface area contributed by atoms with Crippen LogP contribution in [0.25, 0.3) is 0 Å². The Kier molecular flexibility index (Phi) is 5.98. The molecule has 0 heterocycles. The highest BCUT2D eigenvalue weighted by Gasteiger charge is 1.98. The second-order valence-corrected chi connectivity index (χ2v) is 3.96. The first-order valence-corrected chi connectivity index (χ1v) is 5.21. The van der Waals surface area contributed by atoms with Crippen molar-refractivity contribution in [2.45, 2.75) is 27.2 Å². The van der Waals surface area contributed by atoms with Gasteiger partial charge >= 0.3 is 0 Å². The van der Waals surface area contributed by atoms with E-state index < -0.39 is 0 Å². The Morgan fingerprint density at radius 3 is 2.36 bits per heavy atom. The van der Waals surface area contributed by atoms with Gasteiger partial charge in [-0.25, -0.2) is 0 Å². The standard InChI is InChI=1S/C11H15BrN2/c1-4-8(2)5-11(12)10(7-13)6-9(3)14/h5-6H,4,14H2,1-3H3/b8-5+,9-6+,11-10-. The lowest BCUT2D eigenvalue weighted by atomic mass is 10.1. The maximum atomic E-state index is 8.86. The summed E-state index contributed by atoms with van der Waals surface area (Å²) in [5, 5.41) is 8.86. The molecular weight excluding hydrogens is 240 g/mol. The molecule has 0 aromatic rings. The van der Waals surface area contributed by atoms with Crippen LogP contribution in [-0.4, -0.2) is 0 Å². The number of hydrogen-bond donors (Lipinski definition) is 1. The van der Waals surface area contributed by atoms with Crippen molar-refractivity contribution in [3.8, 4) is 6.07 Å². The summed E-state index contributed by atoms with van der Waals surface area (Å²) in [7, 11) is 0. The molecule has 14 heavy (non-hydrogen) atoms. The number of nitrogens with zero attached hydrogens (tertiary/aromatic N) is 1. The lowest BCUT2D eigenvalue weighted by Crippen LogP contribution is -1.91. The van der Waals surface area contributed by atoms with Gasteiger partial charge in [0.25, 0.3) is 0 Å². The molecule has 0 aromatic carbocycles. The van der Waals surface area contributed by atoms with Crippen molar-refractivity contribution in [1.29, 1.82) is 5.26 Å². The molecular formula is C11H15BrN2. The average molecular weight is 255 g/mol. The van der Waals surface area contributed by atoms with Crippen LogP contribution in [0.4, 0.5) is 0 Å². The van der Waals surface area contributed by atoms with Gasteiger partial charge in [0, 0.05) is 10.2 Å². The first-order valence-electron chi connectivity index (χ1n) is 4.42. The quantitative estimate of drug-likeness (QED) is 0.620. The Morgan fingerprint density at radius 1 is 1.43 bits per heavy atom. The van der Waals surface area contributed by atoms with Gasteiger partial charge in [-0.05, 0) is 48.4 Å². The van der Waals surface area contributed by atoms with Gasteiger partial charge in [0.2, 0.25) is 0 Å². The molecule has 0 radical (unpaired) electrons. The first kappa shape index (κ1) is 13.0. The van der Waals surface area contributed by atoms with Gasteiger partial charge in [-0.1, -0.05) is 12.5 Å². The fourth-order valence-corrected chi connectivity index (χ4v) is 1.37. The number of hydrogen-bond acceptors (Lipinski definition) is 2. The summed E-state index contributed by atoms with van der Waals surface area (Å²) < 4.78 is 0.782. The van der Waals surface area contributed by atoms with Crippen molar-refractivity contribution < 1.29 is 0 Å². The van der Waals surface area contributed by atoms with Crippen molar-refractivity contribution in [2.75, 3.05) is 0 Å². The first-order chi connectivity index (χ1) is 6.51. The molecule has 0 saturated heterocycles. The molecule has 0 atom stereocenters. The minimum atomic E-state index is 0.554. The summed E-state index contributed by atoms with van der Waals surface area (Å²) >= 11 is 3.36. The smallest absolute Gasteiger partial charge is 0.100 e. The minimum absolute atomic E-state index is 0.554. The highest BCUT2D eigenvalue weighted by Crippen LogP contribution is 2.18. The lowest BCUT2D eigenvalue weighted by Gasteiger charge is -1.97. The van der Waals surface area contributed by atoms with Gasteiger partial charge in [0.1, 0.15) is 6.07 Å². The van der Waals surface area contributed by atoms with E-state index in [4.69, 9.17) is 11.0 Å². The number of halogens is 1. The Hall–Kier alpha value is -1.01. The van der Waals surface area contributed by atoms with E-state index in [1.165, 1.54) is 5.57 Å². The molecule has 0 aliphatic heterocycles. The van der Waals surface area contributed by atoms with Crippen LogP contribution < -0.4 is 5.73 Å². The number of allylic oxidation sites excluding steroid dienone is 6. The Labute approximate surface area is 93.9 Å². The van der Waals surface area contributed by atoms with Crippen LogP contribution in [0.15, 0.2) is 33.5 Å². The van der Waals surface area contributed by atoms with E-state index in [1.807, 2.05) is 13.0 Å². The summed E-state index contributed by atoms with van der Waals surface area (Å²) in [6, 6.07) is 2.09. The molecule has 0 unspecified atom stereocenters. The Balaban J connectivity index is 5.07. The second-order valence-electron chi connectivity index (χ2n) is 3.11. The van der Waals surface area contributed by atoms with Crippen molar-refractivity contribution in [3.05, 3.63) is 33.5 Å². The Bertz CT molecular complexity index is 326. The zero-order valence-electron chi connectivity index (χ0n) is 8.76. The van der Waals surface area contributed by atoms with Crippen molar-refractivity contribution in [3.63, 3.8) is 0 Å². The molecule has 0 amide bonds. The molecule has 0 rings (SSSR count). The van der Waals surface area contributed by atoms with Gasteiger partial charge in [-0.15, -0.1) is 0 Å². The third-order valence-corrected chi connectivity index (χ3v) is 2.34. The maximum Gasteiger partial charge on any atom is 0.100 e. The van der Waals surface area contributed by atoms with Gasteiger partial charge in [0.15, 0.2) is 0 Å². The van der Waals surface area contributed by atoms with Crippen molar-refractivity contribution in [2.24, 2.45) is 5.73 Å². The monoisotopic (exact) mass is 254 g/mol. The van der Waals surface area contributed by atoms with Crippen LogP contribution >= 0.6 is 15.9 Å². The SMILES string of the molecule is CC/C(C)=C/C(Br)=C(C#N)\C=C(/C)N. The number of nitriles is 1. The lowest BCUT2D eigenvalue weighted by molar-refractivity contribution is 1.10. The highest BCUT2D eigenvalue weighted by molar-refractivity contribution is 9.11. The molecule has 2 nitrogen and oxygen atoms in total. The molecule has 0 fully saturated rings. The molecule has 0 aromatic heterocycles. The van der Waals surface area contributed by atoms with Crippen molar-refractivity contribution in [1.82, 2.24) is 0 Å². The van der Waals surface area contributed by atoms with E-state index in [-0.39, 0.29) is 0 Å². The van der Waals surface area contributed by atoms with Crippen LogP contribution in [0.3, 0.4) is 0 Å². The second kappa shape index (κ2) is 6.44. The molecule has 0 spiro atoms. The summed E-state index contributed by atoms with van der Waals surface area (Å²) in [6.07, 6.45) is 4.57. The van der Waals surface area contributed by atoms with E-state index >= 15 is 0 Å². The summed E-state index contributed by atoms with van der Waals surface area (Å²) in [4.78, 5) is 0. The molecule has 0 aliphatic rings. The molecule has 0 bridgehead atoms. The zero-order valence-corrected chi connectivity index (χ0v) is 10.4. The van der Waals surface area contributed by atoms with Crippen LogP contribution in [0, 0.1) is 11.3 Å². The maximum absolute atomic E-state index is 8.86. The normalized spacial score (nSPS) is 14.8. The predicted octanol–water partition coefficient (Wildman–Crippen LogP) is 3.38. The van der Waals surface area contributed by atoms with Gasteiger partial charge in [0.05, 0.1) is 5.57 Å². The molecule has 3 heteroatoms. The third kappa shape index (κ3) is 4.88. The fourth-order valence-electron chi connectivity index (χ4n) is 0.778. The van der Waals surface area contributed by atoms with E-state index in [2.05, 4.69) is 28.9 Å². The van der Waals surface area contributed by atoms with E-state index in [1.54, 1.807) is 13.0 Å². The van der Waals surface area contributed by atoms with E-state index in [0.717, 1.165) is 10.9 Å². The molecule has 0 aliphatic carbocycles. The largest absolute Gasteiger partial charge is 0.402 e. The van der Waals surface area contributed by atoms with Gasteiger partial charge in [-0.2, -0.15) is 5.26 Å². The summed E-state index contributed by atoms with van der Waals surface area (Å²) in [6.45, 7) is 5.85. The van der Waals surface area contributed by atoms with Crippen LogP contribution in [-0.2, 0) is 0 Å². The van der Waals surface area contributed by atoms with Gasteiger partial charge in [-0.3, -0.25) is 0 Å². The predicted molar refractivity (Wildman–Crippen MR) is 63.6 cm³/mol. The highest BCUT2D eigenvalue weighted by atomic mass is 79.9. The zero-order chi connectivity index (χ0) is 11.1. The van der Waals surface area contributed by atoms with Crippen molar-refractivity contribution >= 4 is 15.9 Å². The van der Waals surface area contributed by atoms with Crippen LogP contribution in [0.1, 0.15) is 27.2 Å². The van der Waals surface area contributed by atoms with E-state index in [9.17, 15) is 0 Å². The summed E-state index contributed by atoms with van der Waals surface area (Å²) in [5.41, 5.74) is 7.90. The van der Waals surface area contributed by atoms with Gasteiger partial charge < -0.3 is 5.73 Å². The number of nitrogens with two attached hydrogens (primary N) is 1. The Morgan fingerprint density at radius 2 is 2.00 bits per heavy atom. The molecule has 76 valence electrons. The minimum Gasteiger partial charge on any atom is -0.402 e. The average Bonchev–Trinajstić information content (AvgIpc) is 2.13. The summed E-state index contributed by atoms with van der Waals surface area (Å²) in [5.74, 6) is 0. The molecule has 2 N–H and O–H groups in total. The third-order valence-electron chi connectivity index (χ3n) is 1.68.